The van der Waals surface area contributed by atoms with E-state index in [0.29, 0.717) is 10.7 Å². The molecular weight excluding hydrogens is 269 g/mol. The zero-order chi connectivity index (χ0) is 11.8. The van der Waals surface area contributed by atoms with Gasteiger partial charge in [0.15, 0.2) is 0 Å². The quantitative estimate of drug-likeness (QED) is 0.744. The van der Waals surface area contributed by atoms with Crippen molar-refractivity contribution in [1.82, 2.24) is 0 Å². The second-order valence-electron chi connectivity index (χ2n) is 5.24. The van der Waals surface area contributed by atoms with Crippen LogP contribution in [0, 0.1) is 11.2 Å². The van der Waals surface area contributed by atoms with E-state index in [2.05, 4.69) is 34.7 Å². The van der Waals surface area contributed by atoms with E-state index in [1.54, 1.807) is 12.1 Å². The Kier molecular flexibility index (Phi) is 3.24. The van der Waals surface area contributed by atoms with Crippen LogP contribution in [0.1, 0.15) is 25.8 Å². The summed E-state index contributed by atoms with van der Waals surface area (Å²) in [6.45, 7) is 6.69. The van der Waals surface area contributed by atoms with E-state index in [1.807, 2.05) is 6.07 Å². The van der Waals surface area contributed by atoms with Gasteiger partial charge in [-0.25, -0.2) is 4.39 Å². The summed E-state index contributed by atoms with van der Waals surface area (Å²) in [6.07, 6.45) is 1.20. The first-order valence-electron chi connectivity index (χ1n) is 5.61. The van der Waals surface area contributed by atoms with Crippen molar-refractivity contribution in [2.24, 2.45) is 5.41 Å². The summed E-state index contributed by atoms with van der Waals surface area (Å²) in [7, 11) is 0. The molecule has 0 amide bonds. The van der Waals surface area contributed by atoms with Gasteiger partial charge in [-0.15, -0.1) is 0 Å². The average molecular weight is 286 g/mol. The fourth-order valence-electron chi connectivity index (χ4n) is 2.29. The van der Waals surface area contributed by atoms with Gasteiger partial charge >= 0.3 is 0 Å². The summed E-state index contributed by atoms with van der Waals surface area (Å²) in [5, 5.41) is 0.705. The minimum Gasteiger partial charge on any atom is -0.371 e. The number of benzene rings is 1. The van der Waals surface area contributed by atoms with Crippen LogP contribution in [0.4, 0.5) is 10.1 Å². The number of halogens is 2. The zero-order valence-corrected chi connectivity index (χ0v) is 11.3. The molecule has 0 aromatic heterocycles. The van der Waals surface area contributed by atoms with E-state index >= 15 is 0 Å². The lowest BCUT2D eigenvalue weighted by Crippen LogP contribution is -2.23. The minimum atomic E-state index is -0.156. The van der Waals surface area contributed by atoms with E-state index in [1.165, 1.54) is 12.1 Å². The maximum absolute atomic E-state index is 13.1. The zero-order valence-electron chi connectivity index (χ0n) is 9.76. The number of nitrogens with zero attached hydrogens (tertiary/aromatic N) is 1. The molecule has 2 rings (SSSR count). The standard InChI is InChI=1S/C13H17BrFN/c1-13(2)5-6-16(9-13)12-4-3-11(15)7-10(12)8-14/h3-4,7H,5-6,8-9H2,1-2H3. The molecule has 1 aliphatic heterocycles. The van der Waals surface area contributed by atoms with Crippen molar-refractivity contribution < 1.29 is 4.39 Å². The molecule has 0 aliphatic carbocycles. The Hall–Kier alpha value is -0.570. The summed E-state index contributed by atoms with van der Waals surface area (Å²) >= 11 is 3.42. The predicted molar refractivity (Wildman–Crippen MR) is 69.6 cm³/mol. The normalized spacial score (nSPS) is 19.1. The lowest BCUT2D eigenvalue weighted by Gasteiger charge is -2.23. The molecule has 1 aliphatic rings. The van der Waals surface area contributed by atoms with Crippen LogP contribution in [0.15, 0.2) is 18.2 Å². The van der Waals surface area contributed by atoms with Crippen molar-refractivity contribution in [1.29, 1.82) is 0 Å². The third-order valence-corrected chi connectivity index (χ3v) is 3.81. The van der Waals surface area contributed by atoms with Crippen molar-refractivity contribution in [3.63, 3.8) is 0 Å². The molecule has 1 aromatic rings. The van der Waals surface area contributed by atoms with E-state index in [9.17, 15) is 4.39 Å². The molecular formula is C13H17BrFN. The van der Waals surface area contributed by atoms with Crippen LogP contribution in [0.2, 0.25) is 0 Å². The fraction of sp³-hybridized carbons (Fsp3) is 0.538. The van der Waals surface area contributed by atoms with Crippen molar-refractivity contribution in [3.05, 3.63) is 29.6 Å². The Labute approximate surface area is 105 Å². The first-order chi connectivity index (χ1) is 7.52. The molecule has 1 aromatic carbocycles. The first kappa shape index (κ1) is 11.9. The van der Waals surface area contributed by atoms with E-state index in [0.717, 1.165) is 18.7 Å². The summed E-state index contributed by atoms with van der Waals surface area (Å²) in [4.78, 5) is 2.36. The monoisotopic (exact) mass is 285 g/mol. The van der Waals surface area contributed by atoms with Gasteiger partial charge in [0.1, 0.15) is 5.82 Å². The average Bonchev–Trinajstić information content (AvgIpc) is 2.58. The highest BCUT2D eigenvalue weighted by atomic mass is 79.9. The number of alkyl halides is 1. The second-order valence-corrected chi connectivity index (χ2v) is 5.80. The van der Waals surface area contributed by atoms with Crippen molar-refractivity contribution in [2.45, 2.75) is 25.6 Å². The predicted octanol–water partition coefficient (Wildman–Crippen LogP) is 3.96. The van der Waals surface area contributed by atoms with Crippen LogP contribution in [-0.2, 0) is 5.33 Å². The molecule has 0 spiro atoms. The molecule has 0 saturated carbocycles. The molecule has 88 valence electrons. The van der Waals surface area contributed by atoms with Gasteiger partial charge in [0.25, 0.3) is 0 Å². The molecule has 16 heavy (non-hydrogen) atoms. The van der Waals surface area contributed by atoms with Crippen molar-refractivity contribution in [3.8, 4) is 0 Å². The lowest BCUT2D eigenvalue weighted by atomic mass is 9.93. The van der Waals surface area contributed by atoms with Gasteiger partial charge in [-0.05, 0) is 35.6 Å². The Morgan fingerprint density at radius 1 is 1.44 bits per heavy atom. The maximum Gasteiger partial charge on any atom is 0.123 e. The fourth-order valence-corrected chi connectivity index (χ4v) is 2.74. The van der Waals surface area contributed by atoms with Gasteiger partial charge in [-0.2, -0.15) is 0 Å². The highest BCUT2D eigenvalue weighted by Gasteiger charge is 2.30. The number of hydrogen-bond acceptors (Lipinski definition) is 1. The Balaban J connectivity index is 2.27. The van der Waals surface area contributed by atoms with Gasteiger partial charge in [-0.1, -0.05) is 29.8 Å². The highest BCUT2D eigenvalue weighted by Crippen LogP contribution is 2.34. The van der Waals surface area contributed by atoms with Gasteiger partial charge in [0.05, 0.1) is 0 Å². The highest BCUT2D eigenvalue weighted by molar-refractivity contribution is 9.08. The Bertz CT molecular complexity index is 390. The van der Waals surface area contributed by atoms with Crippen molar-refractivity contribution in [2.75, 3.05) is 18.0 Å². The van der Waals surface area contributed by atoms with E-state index in [-0.39, 0.29) is 5.82 Å². The van der Waals surface area contributed by atoms with Gasteiger partial charge in [0.2, 0.25) is 0 Å². The summed E-state index contributed by atoms with van der Waals surface area (Å²) in [5.41, 5.74) is 2.58. The largest absolute Gasteiger partial charge is 0.371 e. The van der Waals surface area contributed by atoms with Crippen molar-refractivity contribution >= 4 is 21.6 Å². The molecule has 0 bridgehead atoms. The summed E-state index contributed by atoms with van der Waals surface area (Å²) in [6, 6.07) is 5.07. The number of rotatable bonds is 2. The van der Waals surface area contributed by atoms with Crippen LogP contribution in [0.5, 0.6) is 0 Å². The molecule has 3 heteroatoms. The Morgan fingerprint density at radius 3 is 2.75 bits per heavy atom. The third kappa shape index (κ3) is 2.40. The van der Waals surface area contributed by atoms with Crippen LogP contribution < -0.4 is 4.90 Å². The third-order valence-electron chi connectivity index (χ3n) is 3.20. The molecule has 1 fully saturated rings. The molecule has 0 unspecified atom stereocenters. The van der Waals surface area contributed by atoms with Gasteiger partial charge in [-0.3, -0.25) is 0 Å². The second kappa shape index (κ2) is 4.36. The molecule has 0 radical (unpaired) electrons. The van der Waals surface area contributed by atoms with E-state index < -0.39 is 0 Å². The number of anilines is 1. The molecule has 1 nitrogen and oxygen atoms in total. The maximum atomic E-state index is 13.1. The summed E-state index contributed by atoms with van der Waals surface area (Å²) in [5.74, 6) is -0.156. The lowest BCUT2D eigenvalue weighted by molar-refractivity contribution is 0.418. The number of hydrogen-bond donors (Lipinski definition) is 0. The Morgan fingerprint density at radius 2 is 2.19 bits per heavy atom. The SMILES string of the molecule is CC1(C)CCN(c2ccc(F)cc2CBr)C1. The van der Waals surface area contributed by atoms with E-state index in [4.69, 9.17) is 0 Å². The molecule has 1 heterocycles. The molecule has 0 N–H and O–H groups in total. The first-order valence-corrected chi connectivity index (χ1v) is 6.73. The molecule has 0 atom stereocenters. The molecule has 1 saturated heterocycles. The topological polar surface area (TPSA) is 3.24 Å². The van der Waals surface area contributed by atoms with Crippen LogP contribution >= 0.6 is 15.9 Å². The smallest absolute Gasteiger partial charge is 0.123 e. The minimum absolute atomic E-state index is 0.156. The van der Waals surface area contributed by atoms with Crippen LogP contribution in [0.3, 0.4) is 0 Å². The summed E-state index contributed by atoms with van der Waals surface area (Å²) < 4.78 is 13.1. The van der Waals surface area contributed by atoms with Crippen LogP contribution in [-0.4, -0.2) is 13.1 Å². The van der Waals surface area contributed by atoms with Gasteiger partial charge < -0.3 is 4.90 Å². The van der Waals surface area contributed by atoms with Gasteiger partial charge in [0, 0.05) is 24.1 Å². The van der Waals surface area contributed by atoms with Crippen LogP contribution in [0.25, 0.3) is 0 Å².